The van der Waals surface area contributed by atoms with Gasteiger partial charge in [0.15, 0.2) is 17.3 Å². The van der Waals surface area contributed by atoms with Crippen LogP contribution in [0.25, 0.3) is 10.9 Å². The van der Waals surface area contributed by atoms with Gasteiger partial charge in [-0.05, 0) is 44.7 Å². The van der Waals surface area contributed by atoms with Crippen molar-refractivity contribution in [2.24, 2.45) is 0 Å². The number of carbonyl (C=O) groups excluding carboxylic acids is 4. The smallest absolute Gasteiger partial charge is 0.273 e. The van der Waals surface area contributed by atoms with Crippen LogP contribution in [0.4, 0.5) is 0 Å². The van der Waals surface area contributed by atoms with E-state index < -0.39 is 41.8 Å². The van der Waals surface area contributed by atoms with Gasteiger partial charge in [-0.2, -0.15) is 0 Å². The summed E-state index contributed by atoms with van der Waals surface area (Å²) in [5.74, 6) is -1.15. The van der Waals surface area contributed by atoms with Crippen molar-refractivity contribution in [1.82, 2.24) is 36.2 Å². The third kappa shape index (κ3) is 6.35. The minimum Gasteiger partial charge on any atom is -0.448 e. The van der Waals surface area contributed by atoms with Gasteiger partial charge >= 0.3 is 0 Å². The number of nitrogens with zero attached hydrogens (tertiary/aromatic N) is 2. The topological polar surface area (TPSA) is 184 Å². The number of rotatable bonds is 4. The summed E-state index contributed by atoms with van der Waals surface area (Å²) < 4.78 is 10.8. The number of nitrogens with one attached hydrogen (secondary N) is 5. The van der Waals surface area contributed by atoms with Gasteiger partial charge in [-0.25, -0.2) is 9.97 Å². The molecular weight excluding hydrogens is 542 g/mol. The predicted octanol–water partition coefficient (Wildman–Crippen LogP) is 2.38. The second-order valence-corrected chi connectivity index (χ2v) is 10.3. The van der Waals surface area contributed by atoms with Gasteiger partial charge in [0.2, 0.25) is 17.7 Å². The number of aryl methyl sites for hydroxylation is 2. The molecule has 1 aromatic carbocycles. The zero-order valence-electron chi connectivity index (χ0n) is 23.6. The Bertz CT molecular complexity index is 1620. The highest BCUT2D eigenvalue weighted by atomic mass is 16.4. The van der Waals surface area contributed by atoms with Crippen LogP contribution in [-0.2, 0) is 16.0 Å². The van der Waals surface area contributed by atoms with Crippen LogP contribution in [0.3, 0.4) is 0 Å². The van der Waals surface area contributed by atoms with Crippen LogP contribution in [0.5, 0.6) is 0 Å². The van der Waals surface area contributed by atoms with Gasteiger partial charge < -0.3 is 35.1 Å². The van der Waals surface area contributed by atoms with Crippen molar-refractivity contribution in [3.05, 3.63) is 71.2 Å². The monoisotopic (exact) mass is 575 g/mol. The maximum atomic E-state index is 13.7. The summed E-state index contributed by atoms with van der Waals surface area (Å²) >= 11 is 0. The SMILES string of the molecule is Cc1nc(C(=O)N[C@H]2CCCCNC(=O)c3nc(oc3C)[C@@H](C)NC(=O)[C@@H](Cc3c[nH]c4ccccc34)NC2=O)co1. The van der Waals surface area contributed by atoms with Gasteiger partial charge in [-0.15, -0.1) is 0 Å². The number of hydrogen-bond donors (Lipinski definition) is 5. The molecule has 0 fully saturated rings. The van der Waals surface area contributed by atoms with Crippen LogP contribution in [0, 0.1) is 13.8 Å². The number of hydrogen-bond acceptors (Lipinski definition) is 8. The van der Waals surface area contributed by atoms with E-state index in [9.17, 15) is 19.2 Å². The molecule has 220 valence electrons. The average molecular weight is 576 g/mol. The van der Waals surface area contributed by atoms with Crippen molar-refractivity contribution in [3.63, 3.8) is 0 Å². The molecule has 4 heterocycles. The quantitative estimate of drug-likeness (QED) is 0.246. The summed E-state index contributed by atoms with van der Waals surface area (Å²) in [6.45, 7) is 5.26. The first kappa shape index (κ1) is 28.6. The second-order valence-electron chi connectivity index (χ2n) is 10.3. The molecule has 13 nitrogen and oxygen atoms in total. The number of aromatic nitrogens is 3. The van der Waals surface area contributed by atoms with E-state index in [-0.39, 0.29) is 30.1 Å². The summed E-state index contributed by atoms with van der Waals surface area (Å²) in [5.41, 5.74) is 1.92. The van der Waals surface area contributed by atoms with Crippen LogP contribution >= 0.6 is 0 Å². The molecule has 5 N–H and O–H groups in total. The Balaban J connectivity index is 1.44. The molecular formula is C29H33N7O6. The van der Waals surface area contributed by atoms with Gasteiger partial charge in [0.1, 0.15) is 30.1 Å². The highest BCUT2D eigenvalue weighted by molar-refractivity contribution is 5.97. The Hall–Kier alpha value is -4.94. The number of fused-ring (bicyclic) bond motifs is 3. The molecule has 1 aliphatic heterocycles. The third-order valence-electron chi connectivity index (χ3n) is 7.17. The maximum absolute atomic E-state index is 13.7. The standard InChI is InChI=1S/C29H33N7O6/c1-15-29-36-24(16(2)42-29)28(40)30-11-7-6-10-21(34-27(39)23-14-41-17(3)33-23)25(37)35-22(26(38)32-15)12-18-13-31-20-9-5-4-8-19(18)20/h4-5,8-9,13-15,21-22,31H,6-7,10-12H2,1-3H3,(H,30,40)(H,32,38)(H,34,39)(H,35,37)/t15-,21+,22-/m1/s1. The van der Waals surface area contributed by atoms with Crippen molar-refractivity contribution in [2.45, 2.75) is 64.6 Å². The van der Waals surface area contributed by atoms with Crippen molar-refractivity contribution in [1.29, 1.82) is 0 Å². The lowest BCUT2D eigenvalue weighted by atomic mass is 10.0. The molecule has 4 amide bonds. The maximum Gasteiger partial charge on any atom is 0.273 e. The lowest BCUT2D eigenvalue weighted by Crippen LogP contribution is -2.54. The first-order valence-corrected chi connectivity index (χ1v) is 13.8. The molecule has 13 heteroatoms. The number of amides is 4. The summed E-state index contributed by atoms with van der Waals surface area (Å²) in [6.07, 6.45) is 4.49. The number of oxazole rings is 2. The highest BCUT2D eigenvalue weighted by Crippen LogP contribution is 2.21. The van der Waals surface area contributed by atoms with E-state index in [4.69, 9.17) is 8.83 Å². The third-order valence-corrected chi connectivity index (χ3v) is 7.17. The van der Waals surface area contributed by atoms with Gasteiger partial charge in [-0.1, -0.05) is 18.2 Å². The van der Waals surface area contributed by atoms with Gasteiger partial charge in [0.25, 0.3) is 11.8 Å². The molecule has 1 aliphatic rings. The van der Waals surface area contributed by atoms with Crippen LogP contribution in [0.1, 0.15) is 76.3 Å². The van der Waals surface area contributed by atoms with Gasteiger partial charge in [0.05, 0.1) is 0 Å². The van der Waals surface area contributed by atoms with Crippen LogP contribution in [-0.4, -0.2) is 57.2 Å². The largest absolute Gasteiger partial charge is 0.448 e. The van der Waals surface area contributed by atoms with Crippen molar-refractivity contribution < 1.29 is 28.0 Å². The van der Waals surface area contributed by atoms with E-state index >= 15 is 0 Å². The number of benzene rings is 1. The minimum atomic E-state index is -1.00. The number of aromatic amines is 1. The summed E-state index contributed by atoms with van der Waals surface area (Å²) in [4.78, 5) is 64.5. The molecule has 0 saturated carbocycles. The number of carbonyl (C=O) groups is 4. The lowest BCUT2D eigenvalue weighted by Gasteiger charge is -2.24. The fraction of sp³-hybridized carbons (Fsp3) is 0.379. The predicted molar refractivity (Wildman–Crippen MR) is 150 cm³/mol. The Morgan fingerprint density at radius 1 is 1.07 bits per heavy atom. The Morgan fingerprint density at radius 2 is 1.88 bits per heavy atom. The summed E-state index contributed by atoms with van der Waals surface area (Å²) in [7, 11) is 0. The van der Waals surface area contributed by atoms with E-state index in [0.29, 0.717) is 31.0 Å². The fourth-order valence-corrected chi connectivity index (χ4v) is 4.92. The molecule has 0 saturated heterocycles. The van der Waals surface area contributed by atoms with Gasteiger partial charge in [-0.3, -0.25) is 19.2 Å². The van der Waals surface area contributed by atoms with Gasteiger partial charge in [0, 0.05) is 37.0 Å². The van der Waals surface area contributed by atoms with Crippen molar-refractivity contribution >= 4 is 34.5 Å². The average Bonchev–Trinajstić information content (AvgIpc) is 3.69. The number of H-pyrrole nitrogens is 1. The van der Waals surface area contributed by atoms with Crippen LogP contribution in [0.15, 0.2) is 45.6 Å². The van der Waals surface area contributed by atoms with E-state index in [1.807, 2.05) is 24.3 Å². The van der Waals surface area contributed by atoms with E-state index in [0.717, 1.165) is 16.5 Å². The molecule has 0 unspecified atom stereocenters. The molecule has 2 bridgehead atoms. The second kappa shape index (κ2) is 12.3. The van der Waals surface area contributed by atoms with E-state index in [2.05, 4.69) is 36.2 Å². The minimum absolute atomic E-state index is 0.0431. The van der Waals surface area contributed by atoms with Crippen LogP contribution < -0.4 is 21.3 Å². The molecule has 3 aromatic heterocycles. The summed E-state index contributed by atoms with van der Waals surface area (Å²) in [5, 5.41) is 12.2. The molecule has 0 radical (unpaired) electrons. The molecule has 0 spiro atoms. The molecule has 3 atom stereocenters. The Morgan fingerprint density at radius 3 is 2.67 bits per heavy atom. The zero-order chi connectivity index (χ0) is 29.8. The van der Waals surface area contributed by atoms with Crippen LogP contribution in [0.2, 0.25) is 0 Å². The van der Waals surface area contributed by atoms with E-state index in [1.165, 1.54) is 6.26 Å². The Kier molecular flexibility index (Phi) is 8.36. The summed E-state index contributed by atoms with van der Waals surface area (Å²) in [6, 6.07) is 5.00. The van der Waals surface area contributed by atoms with Crippen molar-refractivity contribution in [2.75, 3.05) is 6.54 Å². The molecule has 42 heavy (non-hydrogen) atoms. The highest BCUT2D eigenvalue weighted by Gasteiger charge is 2.30. The van der Waals surface area contributed by atoms with Crippen molar-refractivity contribution in [3.8, 4) is 0 Å². The Labute approximate surface area is 241 Å². The number of para-hydroxylation sites is 1. The molecule has 0 aliphatic carbocycles. The van der Waals surface area contributed by atoms with E-state index in [1.54, 1.807) is 27.0 Å². The lowest BCUT2D eigenvalue weighted by molar-refractivity contribution is -0.130. The fourth-order valence-electron chi connectivity index (χ4n) is 4.92. The first-order valence-electron chi connectivity index (χ1n) is 13.8. The zero-order valence-corrected chi connectivity index (χ0v) is 23.6. The first-order chi connectivity index (χ1) is 20.2. The molecule has 4 aromatic rings. The molecule has 5 rings (SSSR count). The normalized spacial score (nSPS) is 20.5.